The molecular weight excluding hydrogens is 370 g/mol. The fourth-order valence-corrected chi connectivity index (χ4v) is 4.10. The lowest BCUT2D eigenvalue weighted by atomic mass is 10.1. The zero-order chi connectivity index (χ0) is 19.2. The number of hydrogen-bond donors (Lipinski definition) is 1. The summed E-state index contributed by atoms with van der Waals surface area (Å²) in [4.78, 5) is 19.2. The van der Waals surface area contributed by atoms with Gasteiger partial charge in [0.05, 0.1) is 23.4 Å². The van der Waals surface area contributed by atoms with Crippen LogP contribution in [0.5, 0.6) is 0 Å². The standard InChI is InChI=1S/C22H23N3O2S/c26-21(9-10-22-24-19-7-3-4-8-20(19)28-22)23-15-17-5-1-2-6-18(17)16-25-11-13-27-14-12-25/h1-10H,11-16H2,(H,23,26)/b10-9+. The van der Waals surface area contributed by atoms with Crippen molar-refractivity contribution in [3.63, 3.8) is 0 Å². The molecule has 3 aromatic rings. The molecule has 144 valence electrons. The van der Waals surface area contributed by atoms with Crippen LogP contribution in [0, 0.1) is 0 Å². The number of benzene rings is 2. The van der Waals surface area contributed by atoms with E-state index in [4.69, 9.17) is 4.74 Å². The van der Waals surface area contributed by atoms with Crippen molar-refractivity contribution < 1.29 is 9.53 Å². The van der Waals surface area contributed by atoms with Crippen molar-refractivity contribution in [2.45, 2.75) is 13.1 Å². The lowest BCUT2D eigenvalue weighted by molar-refractivity contribution is -0.116. The summed E-state index contributed by atoms with van der Waals surface area (Å²) in [7, 11) is 0. The fourth-order valence-electron chi connectivity index (χ4n) is 3.23. The van der Waals surface area contributed by atoms with Gasteiger partial charge >= 0.3 is 0 Å². The van der Waals surface area contributed by atoms with Gasteiger partial charge in [0.2, 0.25) is 5.91 Å². The maximum atomic E-state index is 12.3. The van der Waals surface area contributed by atoms with Gasteiger partial charge in [-0.2, -0.15) is 0 Å². The average molecular weight is 394 g/mol. The number of carbonyl (C=O) groups is 1. The molecule has 5 nitrogen and oxygen atoms in total. The van der Waals surface area contributed by atoms with Crippen LogP contribution in [0.2, 0.25) is 0 Å². The summed E-state index contributed by atoms with van der Waals surface area (Å²) in [5.41, 5.74) is 3.36. The van der Waals surface area contributed by atoms with Crippen LogP contribution in [-0.2, 0) is 22.6 Å². The van der Waals surface area contributed by atoms with Crippen LogP contribution in [0.3, 0.4) is 0 Å². The monoisotopic (exact) mass is 393 g/mol. The second-order valence-electron chi connectivity index (χ2n) is 6.73. The minimum atomic E-state index is -0.111. The third-order valence-electron chi connectivity index (χ3n) is 4.76. The Morgan fingerprint density at radius 2 is 1.86 bits per heavy atom. The molecular formula is C22H23N3O2S. The number of thiazole rings is 1. The smallest absolute Gasteiger partial charge is 0.244 e. The minimum absolute atomic E-state index is 0.111. The first-order valence-corrected chi connectivity index (χ1v) is 10.3. The molecule has 2 heterocycles. The number of aromatic nitrogens is 1. The largest absolute Gasteiger partial charge is 0.379 e. The van der Waals surface area contributed by atoms with Gasteiger partial charge in [0.1, 0.15) is 5.01 Å². The van der Waals surface area contributed by atoms with E-state index in [1.54, 1.807) is 23.5 Å². The first-order valence-electron chi connectivity index (χ1n) is 9.46. The van der Waals surface area contributed by atoms with E-state index >= 15 is 0 Å². The molecule has 0 saturated carbocycles. The number of rotatable bonds is 6. The van der Waals surface area contributed by atoms with Crippen LogP contribution >= 0.6 is 11.3 Å². The number of fused-ring (bicyclic) bond motifs is 1. The molecule has 1 aliphatic heterocycles. The second-order valence-corrected chi connectivity index (χ2v) is 7.79. The van der Waals surface area contributed by atoms with Gasteiger partial charge in [-0.15, -0.1) is 11.3 Å². The van der Waals surface area contributed by atoms with Crippen molar-refractivity contribution in [3.8, 4) is 0 Å². The van der Waals surface area contributed by atoms with Crippen molar-refractivity contribution in [2.24, 2.45) is 0 Å². The number of amides is 1. The highest BCUT2D eigenvalue weighted by atomic mass is 32.1. The third kappa shape index (κ3) is 4.84. The number of morpholine rings is 1. The van der Waals surface area contributed by atoms with Crippen LogP contribution in [0.1, 0.15) is 16.1 Å². The number of ether oxygens (including phenoxy) is 1. The predicted octanol–water partition coefficient (Wildman–Crippen LogP) is 3.46. The molecule has 1 aliphatic rings. The number of para-hydroxylation sites is 1. The summed E-state index contributed by atoms with van der Waals surface area (Å²) in [5, 5.41) is 3.83. The molecule has 0 spiro atoms. The Morgan fingerprint density at radius 1 is 1.11 bits per heavy atom. The summed E-state index contributed by atoms with van der Waals surface area (Å²) < 4.78 is 6.54. The van der Waals surface area contributed by atoms with E-state index in [9.17, 15) is 4.79 Å². The number of hydrogen-bond acceptors (Lipinski definition) is 5. The zero-order valence-electron chi connectivity index (χ0n) is 15.6. The lowest BCUT2D eigenvalue weighted by Crippen LogP contribution is -2.36. The Morgan fingerprint density at radius 3 is 2.68 bits per heavy atom. The van der Waals surface area contributed by atoms with Crippen molar-refractivity contribution in [1.82, 2.24) is 15.2 Å². The fraction of sp³-hybridized carbons (Fsp3) is 0.273. The molecule has 0 radical (unpaired) electrons. The van der Waals surface area contributed by atoms with E-state index in [0.29, 0.717) is 6.54 Å². The molecule has 0 atom stereocenters. The normalized spacial score (nSPS) is 15.3. The van der Waals surface area contributed by atoms with Gasteiger partial charge in [-0.25, -0.2) is 4.98 Å². The summed E-state index contributed by atoms with van der Waals surface area (Å²) >= 11 is 1.58. The first-order chi connectivity index (χ1) is 13.8. The van der Waals surface area contributed by atoms with Gasteiger partial charge in [-0.1, -0.05) is 36.4 Å². The maximum absolute atomic E-state index is 12.3. The molecule has 2 aromatic carbocycles. The second kappa shape index (κ2) is 9.10. The zero-order valence-corrected chi connectivity index (χ0v) is 16.5. The highest BCUT2D eigenvalue weighted by Gasteiger charge is 2.12. The molecule has 0 aliphatic carbocycles. The van der Waals surface area contributed by atoms with Gasteiger partial charge in [0.15, 0.2) is 0 Å². The molecule has 0 unspecified atom stereocenters. The van der Waals surface area contributed by atoms with E-state index in [-0.39, 0.29) is 5.91 Å². The molecule has 1 saturated heterocycles. The summed E-state index contributed by atoms with van der Waals surface area (Å²) in [6.45, 7) is 4.88. The Kier molecular flexibility index (Phi) is 6.11. The van der Waals surface area contributed by atoms with Gasteiger partial charge in [0, 0.05) is 32.3 Å². The summed E-state index contributed by atoms with van der Waals surface area (Å²) in [6.07, 6.45) is 3.34. The Hall–Kier alpha value is -2.54. The lowest BCUT2D eigenvalue weighted by Gasteiger charge is -2.27. The number of carbonyl (C=O) groups excluding carboxylic acids is 1. The Labute approximate surface area is 168 Å². The molecule has 1 fully saturated rings. The van der Waals surface area contributed by atoms with Crippen molar-refractivity contribution in [2.75, 3.05) is 26.3 Å². The van der Waals surface area contributed by atoms with Crippen molar-refractivity contribution >= 4 is 33.5 Å². The van der Waals surface area contributed by atoms with E-state index in [1.807, 2.05) is 36.4 Å². The Balaban J connectivity index is 1.35. The average Bonchev–Trinajstić information content (AvgIpc) is 3.15. The molecule has 1 amide bonds. The van der Waals surface area contributed by atoms with Crippen molar-refractivity contribution in [3.05, 3.63) is 70.7 Å². The van der Waals surface area contributed by atoms with E-state index in [2.05, 4.69) is 27.3 Å². The Bertz CT molecular complexity index is 944. The van der Waals surface area contributed by atoms with Gasteiger partial charge < -0.3 is 10.1 Å². The SMILES string of the molecule is O=C(/C=C/c1nc2ccccc2s1)NCc1ccccc1CN1CCOCC1. The molecule has 28 heavy (non-hydrogen) atoms. The van der Waals surface area contributed by atoms with Gasteiger partial charge in [-0.3, -0.25) is 9.69 Å². The van der Waals surface area contributed by atoms with Crippen LogP contribution in [-0.4, -0.2) is 42.1 Å². The van der Waals surface area contributed by atoms with Gasteiger partial charge in [-0.05, 0) is 29.3 Å². The highest BCUT2D eigenvalue weighted by Crippen LogP contribution is 2.22. The molecule has 4 rings (SSSR count). The first kappa shape index (κ1) is 18.8. The number of nitrogens with zero attached hydrogens (tertiary/aromatic N) is 2. The van der Waals surface area contributed by atoms with Crippen LogP contribution < -0.4 is 5.32 Å². The van der Waals surface area contributed by atoms with E-state index < -0.39 is 0 Å². The molecule has 6 heteroatoms. The van der Waals surface area contributed by atoms with Crippen LogP contribution in [0.4, 0.5) is 0 Å². The predicted molar refractivity (Wildman–Crippen MR) is 113 cm³/mol. The molecule has 0 bridgehead atoms. The van der Waals surface area contributed by atoms with Crippen LogP contribution in [0.15, 0.2) is 54.6 Å². The quantitative estimate of drug-likeness (QED) is 0.652. The van der Waals surface area contributed by atoms with Gasteiger partial charge in [0.25, 0.3) is 0 Å². The summed E-state index contributed by atoms with van der Waals surface area (Å²) in [6, 6.07) is 16.3. The maximum Gasteiger partial charge on any atom is 0.244 e. The third-order valence-corrected chi connectivity index (χ3v) is 5.76. The molecule has 1 N–H and O–H groups in total. The van der Waals surface area contributed by atoms with E-state index in [1.165, 1.54) is 5.56 Å². The van der Waals surface area contributed by atoms with Crippen molar-refractivity contribution in [1.29, 1.82) is 0 Å². The topological polar surface area (TPSA) is 54.5 Å². The minimum Gasteiger partial charge on any atom is -0.379 e. The molecule has 1 aromatic heterocycles. The van der Waals surface area contributed by atoms with Crippen LogP contribution in [0.25, 0.3) is 16.3 Å². The van der Waals surface area contributed by atoms with E-state index in [0.717, 1.165) is 53.6 Å². The number of nitrogens with one attached hydrogen (secondary N) is 1. The summed E-state index contributed by atoms with van der Waals surface area (Å²) in [5.74, 6) is -0.111. The highest BCUT2D eigenvalue weighted by molar-refractivity contribution is 7.19.